The molecule has 4 heteroatoms. The standard InChI is InChI=1S/C19H28N2O2/c1-15-12-16(4-5-17(15)23-3)13-21-10-8-19(9-11-21)7-6-18(22)20(2)14-19/h4-5,12H,6-11,13-14H2,1-3H3. The van der Waals surface area contributed by atoms with Gasteiger partial charge in [0.05, 0.1) is 7.11 Å². The molecule has 2 heterocycles. The maximum atomic E-state index is 11.7. The second kappa shape index (κ2) is 6.52. The van der Waals surface area contributed by atoms with Crippen molar-refractivity contribution < 1.29 is 9.53 Å². The predicted molar refractivity (Wildman–Crippen MR) is 91.5 cm³/mol. The molecule has 4 nitrogen and oxygen atoms in total. The molecule has 2 saturated heterocycles. The average molecular weight is 316 g/mol. The van der Waals surface area contributed by atoms with Gasteiger partial charge in [-0.2, -0.15) is 0 Å². The zero-order valence-corrected chi connectivity index (χ0v) is 14.6. The van der Waals surface area contributed by atoms with E-state index in [-0.39, 0.29) is 0 Å². The lowest BCUT2D eigenvalue weighted by Crippen LogP contribution is -2.50. The molecule has 126 valence electrons. The highest BCUT2D eigenvalue weighted by atomic mass is 16.5. The van der Waals surface area contributed by atoms with E-state index in [4.69, 9.17) is 4.74 Å². The molecule has 0 saturated carbocycles. The number of nitrogens with zero attached hydrogens (tertiary/aromatic N) is 2. The van der Waals surface area contributed by atoms with Crippen LogP contribution in [0.1, 0.15) is 36.8 Å². The summed E-state index contributed by atoms with van der Waals surface area (Å²) in [5.41, 5.74) is 2.93. The molecular formula is C19H28N2O2. The Labute approximate surface area is 139 Å². The molecule has 0 atom stereocenters. The Morgan fingerprint density at radius 2 is 1.96 bits per heavy atom. The van der Waals surface area contributed by atoms with Crippen molar-refractivity contribution in [3.05, 3.63) is 29.3 Å². The highest BCUT2D eigenvalue weighted by molar-refractivity contribution is 5.76. The largest absolute Gasteiger partial charge is 0.496 e. The Morgan fingerprint density at radius 1 is 1.22 bits per heavy atom. The summed E-state index contributed by atoms with van der Waals surface area (Å²) < 4.78 is 5.34. The number of benzene rings is 1. The first-order chi connectivity index (χ1) is 11.0. The SMILES string of the molecule is COc1ccc(CN2CCC3(CCC(=O)N(C)C3)CC2)cc1C. The van der Waals surface area contributed by atoms with Crippen LogP contribution in [0.5, 0.6) is 5.75 Å². The van der Waals surface area contributed by atoms with Crippen LogP contribution in [-0.4, -0.2) is 49.5 Å². The topological polar surface area (TPSA) is 32.8 Å². The summed E-state index contributed by atoms with van der Waals surface area (Å²) in [4.78, 5) is 16.2. The average Bonchev–Trinajstić information content (AvgIpc) is 2.54. The van der Waals surface area contributed by atoms with Crippen LogP contribution in [0.25, 0.3) is 0 Å². The fourth-order valence-corrected chi connectivity index (χ4v) is 4.12. The zero-order valence-electron chi connectivity index (χ0n) is 14.6. The van der Waals surface area contributed by atoms with Gasteiger partial charge < -0.3 is 9.64 Å². The van der Waals surface area contributed by atoms with Gasteiger partial charge in [0, 0.05) is 26.6 Å². The highest BCUT2D eigenvalue weighted by Gasteiger charge is 2.39. The van der Waals surface area contributed by atoms with Crippen LogP contribution < -0.4 is 4.74 Å². The lowest BCUT2D eigenvalue weighted by Gasteiger charge is -2.46. The van der Waals surface area contributed by atoms with Crippen molar-refractivity contribution in [1.82, 2.24) is 9.80 Å². The minimum absolute atomic E-state index is 0.312. The third-order valence-corrected chi connectivity index (χ3v) is 5.65. The molecule has 0 bridgehead atoms. The van der Waals surface area contributed by atoms with Gasteiger partial charge in [0.1, 0.15) is 5.75 Å². The number of likely N-dealkylation sites (tertiary alicyclic amines) is 2. The lowest BCUT2D eigenvalue weighted by atomic mass is 9.72. The van der Waals surface area contributed by atoms with E-state index in [9.17, 15) is 4.79 Å². The van der Waals surface area contributed by atoms with E-state index >= 15 is 0 Å². The highest BCUT2D eigenvalue weighted by Crippen LogP contribution is 2.40. The van der Waals surface area contributed by atoms with Crippen molar-refractivity contribution in [1.29, 1.82) is 0 Å². The van der Waals surface area contributed by atoms with Gasteiger partial charge in [-0.05, 0) is 61.9 Å². The molecule has 2 aliphatic rings. The van der Waals surface area contributed by atoms with Crippen LogP contribution >= 0.6 is 0 Å². The van der Waals surface area contributed by atoms with Crippen LogP contribution in [0.2, 0.25) is 0 Å². The predicted octanol–water partition coefficient (Wildman–Crippen LogP) is 2.84. The van der Waals surface area contributed by atoms with Gasteiger partial charge in [0.15, 0.2) is 0 Å². The van der Waals surface area contributed by atoms with Gasteiger partial charge >= 0.3 is 0 Å². The maximum Gasteiger partial charge on any atom is 0.222 e. The van der Waals surface area contributed by atoms with Crippen molar-refractivity contribution >= 4 is 5.91 Å². The molecular weight excluding hydrogens is 288 g/mol. The number of piperidine rings is 2. The molecule has 2 aliphatic heterocycles. The molecule has 1 spiro atoms. The van der Waals surface area contributed by atoms with Crippen LogP contribution in [-0.2, 0) is 11.3 Å². The van der Waals surface area contributed by atoms with Gasteiger partial charge in [0.2, 0.25) is 5.91 Å². The first kappa shape index (κ1) is 16.3. The number of carbonyl (C=O) groups is 1. The number of ether oxygens (including phenoxy) is 1. The molecule has 23 heavy (non-hydrogen) atoms. The summed E-state index contributed by atoms with van der Waals surface area (Å²) in [7, 11) is 3.67. The normalized spacial score (nSPS) is 21.7. The van der Waals surface area contributed by atoms with Crippen molar-refractivity contribution in [3.63, 3.8) is 0 Å². The number of hydrogen-bond donors (Lipinski definition) is 0. The minimum Gasteiger partial charge on any atom is -0.496 e. The summed E-state index contributed by atoms with van der Waals surface area (Å²) in [6.07, 6.45) is 4.22. The molecule has 0 aliphatic carbocycles. The van der Waals surface area contributed by atoms with Crippen molar-refractivity contribution in [2.45, 2.75) is 39.2 Å². The van der Waals surface area contributed by atoms with Gasteiger partial charge in [-0.1, -0.05) is 12.1 Å². The summed E-state index contributed by atoms with van der Waals surface area (Å²) in [6, 6.07) is 6.47. The van der Waals surface area contributed by atoms with Gasteiger partial charge in [0.25, 0.3) is 0 Å². The molecule has 1 aromatic carbocycles. The quantitative estimate of drug-likeness (QED) is 0.859. The Morgan fingerprint density at radius 3 is 2.57 bits per heavy atom. The van der Waals surface area contributed by atoms with Crippen LogP contribution in [0.4, 0.5) is 0 Å². The molecule has 0 N–H and O–H groups in total. The van der Waals surface area contributed by atoms with Gasteiger partial charge in [-0.25, -0.2) is 0 Å². The maximum absolute atomic E-state index is 11.7. The molecule has 2 fully saturated rings. The lowest BCUT2D eigenvalue weighted by molar-refractivity contribution is -0.137. The molecule has 1 aromatic rings. The first-order valence-corrected chi connectivity index (χ1v) is 8.61. The number of rotatable bonds is 3. The number of aryl methyl sites for hydroxylation is 1. The molecule has 0 aromatic heterocycles. The third kappa shape index (κ3) is 3.52. The Hall–Kier alpha value is -1.55. The fraction of sp³-hybridized carbons (Fsp3) is 0.632. The summed E-state index contributed by atoms with van der Waals surface area (Å²) in [5, 5.41) is 0. The van der Waals surface area contributed by atoms with E-state index < -0.39 is 0 Å². The Bertz CT molecular complexity index is 577. The van der Waals surface area contributed by atoms with Crippen LogP contribution in [0.15, 0.2) is 18.2 Å². The number of methoxy groups -OCH3 is 1. The van der Waals surface area contributed by atoms with Crippen molar-refractivity contribution in [3.8, 4) is 5.75 Å². The van der Waals surface area contributed by atoms with E-state index in [0.717, 1.165) is 44.8 Å². The summed E-state index contributed by atoms with van der Waals surface area (Å²) >= 11 is 0. The second-order valence-electron chi connectivity index (χ2n) is 7.33. The van der Waals surface area contributed by atoms with Gasteiger partial charge in [-0.15, -0.1) is 0 Å². The Kier molecular flexibility index (Phi) is 4.62. The molecule has 0 radical (unpaired) electrons. The van der Waals surface area contributed by atoms with E-state index in [2.05, 4.69) is 30.0 Å². The zero-order chi connectivity index (χ0) is 16.4. The van der Waals surface area contributed by atoms with E-state index in [0.29, 0.717) is 11.3 Å². The first-order valence-electron chi connectivity index (χ1n) is 8.61. The van der Waals surface area contributed by atoms with Crippen molar-refractivity contribution in [2.75, 3.05) is 33.8 Å². The number of carbonyl (C=O) groups excluding carboxylic acids is 1. The van der Waals surface area contributed by atoms with Crippen molar-refractivity contribution in [2.24, 2.45) is 5.41 Å². The van der Waals surface area contributed by atoms with E-state index in [1.54, 1.807) is 7.11 Å². The molecule has 3 rings (SSSR count). The third-order valence-electron chi connectivity index (χ3n) is 5.65. The van der Waals surface area contributed by atoms with Gasteiger partial charge in [-0.3, -0.25) is 9.69 Å². The molecule has 0 unspecified atom stereocenters. The Balaban J connectivity index is 1.57. The minimum atomic E-state index is 0.312. The second-order valence-corrected chi connectivity index (χ2v) is 7.33. The monoisotopic (exact) mass is 316 g/mol. The summed E-state index contributed by atoms with van der Waals surface area (Å²) in [5.74, 6) is 1.27. The van der Waals surface area contributed by atoms with E-state index in [1.165, 1.54) is 24.0 Å². The number of hydrogen-bond acceptors (Lipinski definition) is 3. The number of amides is 1. The van der Waals surface area contributed by atoms with Crippen LogP contribution in [0.3, 0.4) is 0 Å². The molecule has 1 amide bonds. The fourth-order valence-electron chi connectivity index (χ4n) is 4.12. The summed E-state index contributed by atoms with van der Waals surface area (Å²) in [6.45, 7) is 6.32. The van der Waals surface area contributed by atoms with E-state index in [1.807, 2.05) is 11.9 Å². The van der Waals surface area contributed by atoms with Crippen LogP contribution in [0, 0.1) is 12.3 Å². The smallest absolute Gasteiger partial charge is 0.222 e.